The summed E-state index contributed by atoms with van der Waals surface area (Å²) >= 11 is 0. The Morgan fingerprint density at radius 3 is 2.35 bits per heavy atom. The Balaban J connectivity index is 1.67. The molecule has 0 saturated heterocycles. The predicted molar refractivity (Wildman–Crippen MR) is 87.6 cm³/mol. The molecule has 3 aromatic rings. The standard InChI is InChI=1S/C16H13N7/c17-10-12(16-20-22-23-21-16)11-18-13-6-8-15(9-7-13)19-14-4-2-1-3-5-14/h1-9,11,18-19H,(H,20,21,22,23)/b12-11+. The van der Waals surface area contributed by atoms with Gasteiger partial charge in [-0.25, -0.2) is 0 Å². The Hall–Kier alpha value is -3.66. The third kappa shape index (κ3) is 3.71. The molecule has 0 radical (unpaired) electrons. The van der Waals surface area contributed by atoms with Crippen molar-refractivity contribution < 1.29 is 0 Å². The highest BCUT2D eigenvalue weighted by Crippen LogP contribution is 2.19. The van der Waals surface area contributed by atoms with Crippen LogP contribution in [0.5, 0.6) is 0 Å². The zero-order valence-corrected chi connectivity index (χ0v) is 12.1. The highest BCUT2D eigenvalue weighted by molar-refractivity contribution is 5.74. The lowest BCUT2D eigenvalue weighted by Crippen LogP contribution is -1.94. The van der Waals surface area contributed by atoms with Crippen LogP contribution in [0.1, 0.15) is 5.82 Å². The van der Waals surface area contributed by atoms with E-state index in [2.05, 4.69) is 31.3 Å². The molecule has 3 N–H and O–H groups in total. The molecule has 23 heavy (non-hydrogen) atoms. The molecule has 0 saturated carbocycles. The molecule has 0 aliphatic rings. The Morgan fingerprint density at radius 2 is 1.70 bits per heavy atom. The smallest absolute Gasteiger partial charge is 0.216 e. The van der Waals surface area contributed by atoms with Crippen LogP contribution >= 0.6 is 0 Å². The lowest BCUT2D eigenvalue weighted by atomic mass is 10.2. The van der Waals surface area contributed by atoms with Crippen molar-refractivity contribution in [2.45, 2.75) is 0 Å². The maximum Gasteiger partial charge on any atom is 0.216 e. The molecule has 0 fully saturated rings. The van der Waals surface area contributed by atoms with Crippen LogP contribution in [0.4, 0.5) is 17.1 Å². The number of tetrazole rings is 1. The number of para-hydroxylation sites is 1. The number of anilines is 3. The first-order valence-corrected chi connectivity index (χ1v) is 6.88. The average molecular weight is 303 g/mol. The first-order valence-electron chi connectivity index (χ1n) is 6.88. The SMILES string of the molecule is N#C/C(=C\Nc1ccc(Nc2ccccc2)cc1)c1nn[nH]n1. The number of aromatic nitrogens is 4. The van der Waals surface area contributed by atoms with Gasteiger partial charge < -0.3 is 10.6 Å². The number of nitrogens with one attached hydrogen (secondary N) is 3. The van der Waals surface area contributed by atoms with Crippen LogP contribution in [0.15, 0.2) is 60.8 Å². The number of aromatic amines is 1. The van der Waals surface area contributed by atoms with Crippen molar-refractivity contribution in [1.82, 2.24) is 20.6 Å². The number of nitriles is 1. The second-order valence-electron chi connectivity index (χ2n) is 4.62. The maximum atomic E-state index is 9.09. The molecule has 1 aromatic heterocycles. The van der Waals surface area contributed by atoms with Crippen molar-refractivity contribution in [1.29, 1.82) is 5.26 Å². The van der Waals surface area contributed by atoms with E-state index in [1.807, 2.05) is 60.7 Å². The molecular formula is C16H13N7. The van der Waals surface area contributed by atoms with E-state index in [4.69, 9.17) is 5.26 Å². The molecule has 7 nitrogen and oxygen atoms in total. The molecule has 3 rings (SSSR count). The zero-order chi connectivity index (χ0) is 15.9. The summed E-state index contributed by atoms with van der Waals surface area (Å²) in [7, 11) is 0. The van der Waals surface area contributed by atoms with Gasteiger partial charge in [-0.2, -0.15) is 10.5 Å². The van der Waals surface area contributed by atoms with Crippen LogP contribution in [-0.4, -0.2) is 20.6 Å². The van der Waals surface area contributed by atoms with Crippen LogP contribution in [0.3, 0.4) is 0 Å². The summed E-state index contributed by atoms with van der Waals surface area (Å²) in [6.45, 7) is 0. The van der Waals surface area contributed by atoms with Crippen molar-refractivity contribution in [3.8, 4) is 6.07 Å². The minimum atomic E-state index is 0.252. The number of nitrogens with zero attached hydrogens (tertiary/aromatic N) is 4. The second-order valence-corrected chi connectivity index (χ2v) is 4.62. The van der Waals surface area contributed by atoms with Crippen molar-refractivity contribution in [2.24, 2.45) is 0 Å². The highest BCUT2D eigenvalue weighted by Gasteiger charge is 2.05. The van der Waals surface area contributed by atoms with Gasteiger partial charge in [-0.15, -0.1) is 10.2 Å². The topological polar surface area (TPSA) is 102 Å². The monoisotopic (exact) mass is 303 g/mol. The number of benzene rings is 2. The molecule has 7 heteroatoms. The summed E-state index contributed by atoms with van der Waals surface area (Å²) in [6, 6.07) is 19.7. The third-order valence-corrected chi connectivity index (χ3v) is 3.04. The Kier molecular flexibility index (Phi) is 4.26. The Morgan fingerprint density at radius 1 is 1.00 bits per heavy atom. The number of hydrogen-bond donors (Lipinski definition) is 3. The van der Waals surface area contributed by atoms with Crippen LogP contribution in [-0.2, 0) is 0 Å². The zero-order valence-electron chi connectivity index (χ0n) is 12.1. The molecule has 0 aliphatic heterocycles. The van der Waals surface area contributed by atoms with E-state index >= 15 is 0 Å². The van der Waals surface area contributed by atoms with Gasteiger partial charge in [0.1, 0.15) is 11.6 Å². The van der Waals surface area contributed by atoms with Crippen LogP contribution in [0, 0.1) is 11.3 Å². The first kappa shape index (κ1) is 14.3. The normalized spacial score (nSPS) is 10.8. The van der Waals surface area contributed by atoms with E-state index in [0.29, 0.717) is 5.57 Å². The fourth-order valence-corrected chi connectivity index (χ4v) is 1.92. The van der Waals surface area contributed by atoms with E-state index in [1.54, 1.807) is 6.20 Å². The van der Waals surface area contributed by atoms with Crippen LogP contribution in [0.2, 0.25) is 0 Å². The molecule has 0 aliphatic carbocycles. The third-order valence-electron chi connectivity index (χ3n) is 3.04. The maximum absolute atomic E-state index is 9.09. The molecule has 0 bridgehead atoms. The van der Waals surface area contributed by atoms with Crippen molar-refractivity contribution in [2.75, 3.05) is 10.6 Å². The fraction of sp³-hybridized carbons (Fsp3) is 0. The molecule has 0 unspecified atom stereocenters. The van der Waals surface area contributed by atoms with Crippen LogP contribution in [0.25, 0.3) is 5.57 Å². The van der Waals surface area contributed by atoms with Crippen molar-refractivity contribution >= 4 is 22.6 Å². The quantitative estimate of drug-likeness (QED) is 0.626. The summed E-state index contributed by atoms with van der Waals surface area (Å²) in [5.41, 5.74) is 3.14. The van der Waals surface area contributed by atoms with Gasteiger partial charge in [-0.3, -0.25) is 0 Å². The van der Waals surface area contributed by atoms with E-state index in [1.165, 1.54) is 0 Å². The summed E-state index contributed by atoms with van der Waals surface area (Å²) < 4.78 is 0. The number of H-pyrrole nitrogens is 1. The molecular weight excluding hydrogens is 290 g/mol. The second kappa shape index (κ2) is 6.87. The van der Waals surface area contributed by atoms with Gasteiger partial charge in [0.25, 0.3) is 0 Å². The van der Waals surface area contributed by atoms with Gasteiger partial charge in [-0.05, 0) is 41.6 Å². The molecule has 0 atom stereocenters. The van der Waals surface area contributed by atoms with Gasteiger partial charge in [0.15, 0.2) is 0 Å². The van der Waals surface area contributed by atoms with E-state index in [9.17, 15) is 0 Å². The van der Waals surface area contributed by atoms with E-state index in [-0.39, 0.29) is 5.82 Å². The molecule has 0 spiro atoms. The lowest BCUT2D eigenvalue weighted by molar-refractivity contribution is 0.881. The highest BCUT2D eigenvalue weighted by atomic mass is 15.5. The van der Waals surface area contributed by atoms with E-state index < -0.39 is 0 Å². The summed E-state index contributed by atoms with van der Waals surface area (Å²) in [4.78, 5) is 0. The first-order chi connectivity index (χ1) is 11.3. The van der Waals surface area contributed by atoms with Crippen molar-refractivity contribution in [3.05, 3.63) is 66.6 Å². The Labute approximate surface area is 132 Å². The Bertz CT molecular complexity index is 815. The number of rotatable bonds is 5. The minimum Gasteiger partial charge on any atom is -0.360 e. The predicted octanol–water partition coefficient (Wildman–Crippen LogP) is 2.92. The largest absolute Gasteiger partial charge is 0.360 e. The molecule has 112 valence electrons. The molecule has 1 heterocycles. The molecule has 2 aromatic carbocycles. The van der Waals surface area contributed by atoms with Crippen LogP contribution < -0.4 is 10.6 Å². The average Bonchev–Trinajstić information content (AvgIpc) is 3.12. The van der Waals surface area contributed by atoms with Gasteiger partial charge in [0.2, 0.25) is 5.82 Å². The number of allylic oxidation sites excluding steroid dienone is 1. The molecule has 0 amide bonds. The summed E-state index contributed by atoms with van der Waals surface area (Å²) in [6.07, 6.45) is 1.55. The number of hydrogen-bond acceptors (Lipinski definition) is 6. The van der Waals surface area contributed by atoms with Gasteiger partial charge in [0.05, 0.1) is 0 Å². The summed E-state index contributed by atoms with van der Waals surface area (Å²) in [5.74, 6) is 0.252. The minimum absolute atomic E-state index is 0.252. The van der Waals surface area contributed by atoms with Gasteiger partial charge in [0, 0.05) is 23.3 Å². The van der Waals surface area contributed by atoms with E-state index in [0.717, 1.165) is 17.1 Å². The van der Waals surface area contributed by atoms with Crippen molar-refractivity contribution in [3.63, 3.8) is 0 Å². The fourth-order valence-electron chi connectivity index (χ4n) is 1.92. The van der Waals surface area contributed by atoms with Gasteiger partial charge >= 0.3 is 0 Å². The lowest BCUT2D eigenvalue weighted by Gasteiger charge is -2.07. The van der Waals surface area contributed by atoms with Gasteiger partial charge in [-0.1, -0.05) is 18.2 Å². The summed E-state index contributed by atoms with van der Waals surface area (Å²) in [5, 5.41) is 28.7.